The fourth-order valence-electron chi connectivity index (χ4n) is 5.17. The molecule has 0 aliphatic heterocycles. The summed E-state index contributed by atoms with van der Waals surface area (Å²) in [6.07, 6.45) is 10.6. The maximum atomic E-state index is 11.3. The first-order chi connectivity index (χ1) is 15.0. The lowest BCUT2D eigenvalue weighted by Gasteiger charge is -2.36. The van der Waals surface area contributed by atoms with E-state index in [0.29, 0.717) is 22.6 Å². The van der Waals surface area contributed by atoms with E-state index in [2.05, 4.69) is 16.4 Å². The summed E-state index contributed by atoms with van der Waals surface area (Å²) in [6.45, 7) is 2.30. The van der Waals surface area contributed by atoms with Crippen LogP contribution in [0.1, 0.15) is 238 Å². The third kappa shape index (κ3) is 26.1. The van der Waals surface area contributed by atoms with E-state index in [1.165, 1.54) is 18.1 Å². The minimum atomic E-state index is -0.0462. The summed E-state index contributed by atoms with van der Waals surface area (Å²) in [4.78, 5) is 16.3. The van der Waals surface area contributed by atoms with E-state index < -0.39 is 0 Å². The van der Waals surface area contributed by atoms with Crippen LogP contribution in [0.5, 0.6) is 0 Å². The number of Topliss-reactive ketones (excluding diaryl/α,β-unsaturated/α-hetero) is 1. The second-order valence-corrected chi connectivity index (χ2v) is 9.29. The van der Waals surface area contributed by atoms with E-state index in [4.69, 9.17) is 22.3 Å². The third-order valence-corrected chi connectivity index (χ3v) is 6.81. The lowest BCUT2D eigenvalue weighted by Crippen LogP contribution is -2.24. The number of carbonyl (C=O) groups excluding carboxylic acids is 1. The van der Waals surface area contributed by atoms with Crippen LogP contribution in [0, 0.1) is 5.92 Å². The molecule has 3 aromatic rings. The molecule has 2 aliphatic carbocycles. The molecule has 7 heteroatoms. The Morgan fingerprint density at radius 2 is 1.26 bits per heavy atom. The van der Waals surface area contributed by atoms with Crippen LogP contribution in [-0.4, -0.2) is 25.8 Å². The van der Waals surface area contributed by atoms with Gasteiger partial charge in [-0.1, -0.05) is 199 Å². The van der Waals surface area contributed by atoms with Crippen molar-refractivity contribution in [1.29, 1.82) is 0 Å². The van der Waals surface area contributed by atoms with Gasteiger partial charge in [-0.3, -0.25) is 14.5 Å². The standard InChI is InChI=1S/C24H26ClN5O.23CH4/c1-14(31)22-13-30(29-28-22)7-3-2-4-15-8-16-10-17(9-15)23-21(11-16)27-20-12-18(25)5-6-19(20)24(23)26;;;;;;;;;;;;;;;;;;;;;;;/h5-6,8,12-13,16-17H,2-4,7,9-11H2,1H3,(H2,26,27);23*1H4. The molecular formula is C47H118ClN5O. The molecule has 2 unspecified atom stereocenters. The van der Waals surface area contributed by atoms with Gasteiger partial charge in [0.2, 0.25) is 0 Å². The molecule has 0 saturated heterocycles. The Hall–Kier alpha value is -2.73. The summed E-state index contributed by atoms with van der Waals surface area (Å²) >= 11 is 6.17. The van der Waals surface area contributed by atoms with Crippen molar-refractivity contribution in [3.05, 3.63) is 58.0 Å². The molecular weight excluding hydrogens is 686 g/mol. The number of aromatic nitrogens is 4. The summed E-state index contributed by atoms with van der Waals surface area (Å²) in [5, 5.41) is 9.65. The Morgan fingerprint density at radius 1 is 0.759 bits per heavy atom. The minimum Gasteiger partial charge on any atom is -0.398 e. The summed E-state index contributed by atoms with van der Waals surface area (Å²) in [7, 11) is 0. The number of carbonyl (C=O) groups is 1. The van der Waals surface area contributed by atoms with E-state index in [1.54, 1.807) is 10.9 Å². The zero-order chi connectivity index (χ0) is 21.5. The third-order valence-electron chi connectivity index (χ3n) is 6.57. The van der Waals surface area contributed by atoms with E-state index in [-0.39, 0.29) is 177 Å². The van der Waals surface area contributed by atoms with Crippen LogP contribution in [0.25, 0.3) is 10.9 Å². The number of nitrogen functional groups attached to an aromatic ring is 1. The van der Waals surface area contributed by atoms with E-state index in [9.17, 15) is 4.79 Å². The number of nitrogens with zero attached hydrogens (tertiary/aromatic N) is 4. The molecule has 1 aromatic carbocycles. The van der Waals surface area contributed by atoms with Gasteiger partial charge >= 0.3 is 0 Å². The van der Waals surface area contributed by atoms with Crippen LogP contribution >= 0.6 is 11.6 Å². The molecule has 54 heavy (non-hydrogen) atoms. The maximum Gasteiger partial charge on any atom is 0.181 e. The number of aryl methyl sites for hydroxylation is 1. The normalized spacial score (nSPS) is 11.4. The molecule has 344 valence electrons. The predicted molar refractivity (Wildman–Crippen MR) is 277 cm³/mol. The topological polar surface area (TPSA) is 86.7 Å². The lowest BCUT2D eigenvalue weighted by molar-refractivity contribution is 0.101. The Labute approximate surface area is 356 Å². The number of pyridine rings is 1. The summed E-state index contributed by atoms with van der Waals surface area (Å²) in [5.41, 5.74) is 12.8. The first kappa shape index (κ1) is 124. The van der Waals surface area contributed by atoms with Gasteiger partial charge in [0.1, 0.15) is 5.69 Å². The van der Waals surface area contributed by atoms with Gasteiger partial charge < -0.3 is 5.73 Å². The van der Waals surface area contributed by atoms with Crippen molar-refractivity contribution in [2.75, 3.05) is 5.73 Å². The molecule has 2 aliphatic rings. The number of halogens is 1. The highest BCUT2D eigenvalue weighted by Crippen LogP contribution is 2.47. The van der Waals surface area contributed by atoms with Gasteiger partial charge in [-0.15, -0.1) is 5.10 Å². The van der Waals surface area contributed by atoms with Gasteiger partial charge in [-0.2, -0.15) is 0 Å². The predicted octanol–water partition coefficient (Wildman–Crippen LogP) is 19.7. The van der Waals surface area contributed by atoms with Crippen molar-refractivity contribution in [1.82, 2.24) is 20.0 Å². The molecule has 2 heterocycles. The van der Waals surface area contributed by atoms with Crippen LogP contribution in [0.4, 0.5) is 5.69 Å². The van der Waals surface area contributed by atoms with Gasteiger partial charge in [-0.05, 0) is 68.6 Å². The van der Waals surface area contributed by atoms with Crippen molar-refractivity contribution in [3.63, 3.8) is 0 Å². The van der Waals surface area contributed by atoms with Crippen LogP contribution < -0.4 is 5.73 Å². The number of allylic oxidation sites excluding steroid dienone is 2. The van der Waals surface area contributed by atoms with E-state index in [0.717, 1.165) is 67.4 Å². The van der Waals surface area contributed by atoms with Crippen molar-refractivity contribution in [3.8, 4) is 0 Å². The first-order valence-corrected chi connectivity index (χ1v) is 11.3. The second kappa shape index (κ2) is 52.4. The van der Waals surface area contributed by atoms with Crippen molar-refractivity contribution in [2.45, 2.75) is 229 Å². The van der Waals surface area contributed by atoms with Crippen molar-refractivity contribution in [2.24, 2.45) is 5.92 Å². The average molecular weight is 805 g/mol. The molecule has 6 nitrogen and oxygen atoms in total. The Morgan fingerprint density at radius 3 is 1.72 bits per heavy atom. The monoisotopic (exact) mass is 804 g/mol. The maximum absolute atomic E-state index is 11.3. The number of fused-ring (bicyclic) bond motifs is 5. The molecule has 2 atom stereocenters. The first-order valence-electron chi connectivity index (χ1n) is 11.0. The fraction of sp³-hybridized carbons (Fsp3) is 0.702. The van der Waals surface area contributed by atoms with Gasteiger partial charge in [0, 0.05) is 40.8 Å². The number of hydrogen-bond acceptors (Lipinski definition) is 5. The SMILES string of the molecule is C.C.C.C.C.C.C.C.C.C.C.C.C.C.C.C.C.C.C.C.C.C.C.CC(=O)c1cn(CCCCC2=CC3Cc4nc5cc(Cl)ccc5c(N)c4C(C2)C3)nn1. The molecule has 0 amide bonds. The van der Waals surface area contributed by atoms with Crippen LogP contribution in [0.15, 0.2) is 36.0 Å². The van der Waals surface area contributed by atoms with E-state index in [1.807, 2.05) is 18.2 Å². The van der Waals surface area contributed by atoms with Gasteiger partial charge in [0.05, 0.1) is 11.7 Å². The molecule has 0 fully saturated rings. The van der Waals surface area contributed by atoms with Crippen molar-refractivity contribution >= 4 is 34.0 Å². The lowest BCUT2D eigenvalue weighted by atomic mass is 9.70. The Kier molecular flexibility index (Phi) is 121. The Bertz CT molecular complexity index is 1200. The molecule has 0 radical (unpaired) electrons. The van der Waals surface area contributed by atoms with Crippen LogP contribution in [0.3, 0.4) is 0 Å². The summed E-state index contributed by atoms with van der Waals surface area (Å²) in [5.74, 6) is 0.947. The van der Waals surface area contributed by atoms with Gasteiger partial charge in [-0.25, -0.2) is 0 Å². The van der Waals surface area contributed by atoms with Gasteiger partial charge in [0.15, 0.2) is 5.78 Å². The molecule has 0 spiro atoms. The number of unbranched alkanes of at least 4 members (excludes halogenated alkanes) is 1. The molecule has 0 saturated carbocycles. The fourth-order valence-corrected chi connectivity index (χ4v) is 5.33. The zero-order valence-electron chi connectivity index (χ0n) is 17.6. The molecule has 2 bridgehead atoms. The highest BCUT2D eigenvalue weighted by Gasteiger charge is 2.33. The second-order valence-electron chi connectivity index (χ2n) is 8.85. The van der Waals surface area contributed by atoms with Crippen molar-refractivity contribution < 1.29 is 4.79 Å². The zero-order valence-corrected chi connectivity index (χ0v) is 18.4. The van der Waals surface area contributed by atoms with Gasteiger partial charge in [0.25, 0.3) is 0 Å². The number of nitrogens with two attached hydrogens (primary N) is 1. The molecule has 2 N–H and O–H groups in total. The molecule has 5 rings (SSSR count). The molecule has 2 aromatic heterocycles. The quantitative estimate of drug-likeness (QED) is 0.152. The number of ketones is 1. The van der Waals surface area contributed by atoms with E-state index >= 15 is 0 Å². The number of hydrogen-bond donors (Lipinski definition) is 1. The number of rotatable bonds is 6. The average Bonchev–Trinajstić information content (AvgIpc) is 3.20. The Balaban J connectivity index is -0.0000000313. The summed E-state index contributed by atoms with van der Waals surface area (Å²) < 4.78 is 1.76. The summed E-state index contributed by atoms with van der Waals surface area (Å²) in [6, 6.07) is 5.79. The highest BCUT2D eigenvalue weighted by molar-refractivity contribution is 6.31. The number of benzene rings is 1. The highest BCUT2D eigenvalue weighted by atomic mass is 35.5. The van der Waals surface area contributed by atoms with Crippen LogP contribution in [-0.2, 0) is 13.0 Å². The number of anilines is 1. The smallest absolute Gasteiger partial charge is 0.181 e. The van der Waals surface area contributed by atoms with Crippen LogP contribution in [0.2, 0.25) is 5.02 Å². The largest absolute Gasteiger partial charge is 0.398 e. The minimum absolute atomic E-state index is 0.